The lowest BCUT2D eigenvalue weighted by molar-refractivity contribution is 0.0518. The van der Waals surface area contributed by atoms with E-state index in [1.165, 1.54) is 10.9 Å². The first kappa shape index (κ1) is 13.7. The Morgan fingerprint density at radius 3 is 2.79 bits per heavy atom. The number of carbonyl (C=O) groups is 1. The molecule has 0 aliphatic heterocycles. The van der Waals surface area contributed by atoms with Crippen LogP contribution in [0.3, 0.4) is 0 Å². The molecule has 2 rings (SSSR count). The fraction of sp³-hybridized carbons (Fsp3) is 0.167. The summed E-state index contributed by atoms with van der Waals surface area (Å²) in [5.41, 5.74) is 6.48. The summed E-state index contributed by atoms with van der Waals surface area (Å²) in [6.07, 6.45) is 1.43. The number of nitrogens with two attached hydrogens (primary N) is 1. The van der Waals surface area contributed by atoms with Crippen LogP contribution in [-0.4, -0.2) is 22.1 Å². The number of nitrogen functional groups attached to an aromatic ring is 1. The highest BCUT2D eigenvalue weighted by molar-refractivity contribution is 6.42. The van der Waals surface area contributed by atoms with Crippen LogP contribution in [0.2, 0.25) is 10.0 Å². The second-order valence-electron chi connectivity index (χ2n) is 3.67. The first-order valence-corrected chi connectivity index (χ1v) is 6.25. The van der Waals surface area contributed by atoms with Gasteiger partial charge in [-0.25, -0.2) is 9.78 Å². The Morgan fingerprint density at radius 2 is 2.16 bits per heavy atom. The quantitative estimate of drug-likeness (QED) is 0.885. The van der Waals surface area contributed by atoms with Gasteiger partial charge in [0, 0.05) is 5.69 Å². The van der Waals surface area contributed by atoms with Gasteiger partial charge >= 0.3 is 5.97 Å². The second kappa shape index (κ2) is 5.50. The Hall–Kier alpha value is -1.72. The highest BCUT2D eigenvalue weighted by atomic mass is 35.5. The molecule has 0 atom stereocenters. The highest BCUT2D eigenvalue weighted by Crippen LogP contribution is 2.26. The van der Waals surface area contributed by atoms with Gasteiger partial charge in [0.15, 0.2) is 11.5 Å². The number of esters is 1. The number of halogens is 2. The van der Waals surface area contributed by atoms with E-state index >= 15 is 0 Å². The average Bonchev–Trinajstić information content (AvgIpc) is 2.75. The molecule has 0 aliphatic rings. The molecule has 0 fully saturated rings. The van der Waals surface area contributed by atoms with Gasteiger partial charge in [-0.2, -0.15) is 0 Å². The van der Waals surface area contributed by atoms with Crippen LogP contribution in [0.4, 0.5) is 5.82 Å². The van der Waals surface area contributed by atoms with E-state index in [-0.39, 0.29) is 18.1 Å². The van der Waals surface area contributed by atoms with Crippen LogP contribution in [0.1, 0.15) is 17.4 Å². The van der Waals surface area contributed by atoms with Crippen molar-refractivity contribution in [2.45, 2.75) is 6.92 Å². The molecule has 0 saturated carbocycles. The van der Waals surface area contributed by atoms with Crippen LogP contribution in [0.5, 0.6) is 0 Å². The van der Waals surface area contributed by atoms with Crippen LogP contribution in [0, 0.1) is 0 Å². The summed E-state index contributed by atoms with van der Waals surface area (Å²) in [6.45, 7) is 1.97. The molecule has 0 radical (unpaired) electrons. The third kappa shape index (κ3) is 2.67. The molecule has 0 aliphatic carbocycles. The zero-order valence-corrected chi connectivity index (χ0v) is 11.6. The van der Waals surface area contributed by atoms with Crippen molar-refractivity contribution in [2.24, 2.45) is 0 Å². The fourth-order valence-electron chi connectivity index (χ4n) is 1.60. The van der Waals surface area contributed by atoms with E-state index < -0.39 is 5.97 Å². The summed E-state index contributed by atoms with van der Waals surface area (Å²) in [7, 11) is 0. The molecule has 2 N–H and O–H groups in total. The largest absolute Gasteiger partial charge is 0.461 e. The predicted molar refractivity (Wildman–Crippen MR) is 74.0 cm³/mol. The van der Waals surface area contributed by atoms with Gasteiger partial charge in [0.05, 0.1) is 16.7 Å². The molecular weight excluding hydrogens is 289 g/mol. The Balaban J connectivity index is 2.50. The van der Waals surface area contributed by atoms with E-state index in [9.17, 15) is 4.79 Å². The van der Waals surface area contributed by atoms with Gasteiger partial charge in [0.1, 0.15) is 6.33 Å². The monoisotopic (exact) mass is 299 g/mol. The number of hydrogen-bond acceptors (Lipinski definition) is 4. The number of nitrogens with zero attached hydrogens (tertiary/aromatic N) is 2. The zero-order valence-electron chi connectivity index (χ0n) is 10.1. The molecule has 0 saturated heterocycles. The number of hydrogen-bond donors (Lipinski definition) is 1. The summed E-state index contributed by atoms with van der Waals surface area (Å²) < 4.78 is 6.45. The average molecular weight is 300 g/mol. The normalized spacial score (nSPS) is 10.5. The van der Waals surface area contributed by atoms with Gasteiger partial charge in [0.25, 0.3) is 0 Å². The molecule has 0 bridgehead atoms. The predicted octanol–water partition coefficient (Wildman–Crippen LogP) is 2.94. The van der Waals surface area contributed by atoms with Crippen molar-refractivity contribution in [1.82, 2.24) is 9.55 Å². The minimum Gasteiger partial charge on any atom is -0.461 e. The number of aromatic nitrogens is 2. The number of imidazole rings is 1. The maximum Gasteiger partial charge on any atom is 0.359 e. The van der Waals surface area contributed by atoms with Crippen LogP contribution < -0.4 is 5.73 Å². The molecule has 7 heteroatoms. The molecule has 19 heavy (non-hydrogen) atoms. The Bertz CT molecular complexity index is 625. The van der Waals surface area contributed by atoms with Crippen molar-refractivity contribution in [3.8, 4) is 5.69 Å². The lowest BCUT2D eigenvalue weighted by Crippen LogP contribution is -2.12. The van der Waals surface area contributed by atoms with Gasteiger partial charge in [-0.3, -0.25) is 4.57 Å². The summed E-state index contributed by atoms with van der Waals surface area (Å²) in [5.74, 6) is -0.437. The molecule has 1 aromatic heterocycles. The maximum atomic E-state index is 11.9. The number of benzene rings is 1. The van der Waals surface area contributed by atoms with E-state index in [1.54, 1.807) is 25.1 Å². The highest BCUT2D eigenvalue weighted by Gasteiger charge is 2.19. The van der Waals surface area contributed by atoms with Gasteiger partial charge in [-0.05, 0) is 25.1 Å². The van der Waals surface area contributed by atoms with E-state index in [2.05, 4.69) is 4.98 Å². The van der Waals surface area contributed by atoms with Crippen molar-refractivity contribution in [3.63, 3.8) is 0 Å². The Kier molecular flexibility index (Phi) is 3.97. The van der Waals surface area contributed by atoms with Gasteiger partial charge < -0.3 is 10.5 Å². The van der Waals surface area contributed by atoms with Gasteiger partial charge in [-0.1, -0.05) is 23.2 Å². The summed E-state index contributed by atoms with van der Waals surface area (Å²) >= 11 is 11.8. The van der Waals surface area contributed by atoms with E-state index in [0.29, 0.717) is 15.7 Å². The molecule has 2 aromatic rings. The smallest absolute Gasteiger partial charge is 0.359 e. The number of anilines is 1. The molecular formula is C12H11Cl2N3O2. The number of rotatable bonds is 3. The topological polar surface area (TPSA) is 70.1 Å². The number of carbonyl (C=O) groups excluding carboxylic acids is 1. The molecule has 1 aromatic carbocycles. The number of ether oxygens (including phenoxy) is 1. The summed E-state index contributed by atoms with van der Waals surface area (Å²) in [5, 5.41) is 0.803. The van der Waals surface area contributed by atoms with Crippen LogP contribution in [-0.2, 0) is 4.74 Å². The van der Waals surface area contributed by atoms with Gasteiger partial charge in [-0.15, -0.1) is 0 Å². The van der Waals surface area contributed by atoms with E-state index in [4.69, 9.17) is 33.7 Å². The first-order valence-electron chi connectivity index (χ1n) is 5.50. The van der Waals surface area contributed by atoms with Crippen LogP contribution in [0.25, 0.3) is 5.69 Å². The van der Waals surface area contributed by atoms with Crippen molar-refractivity contribution in [3.05, 3.63) is 40.3 Å². The van der Waals surface area contributed by atoms with Crippen molar-refractivity contribution >= 4 is 35.0 Å². The maximum absolute atomic E-state index is 11.9. The van der Waals surface area contributed by atoms with Crippen molar-refractivity contribution in [2.75, 3.05) is 12.3 Å². The molecule has 100 valence electrons. The summed E-state index contributed by atoms with van der Waals surface area (Å²) in [4.78, 5) is 15.8. The molecule has 0 unspecified atom stereocenters. The Labute approximate surface area is 119 Å². The minimum atomic E-state index is -0.538. The SMILES string of the molecule is CCOC(=O)c1c(N)ncn1-c1ccc(Cl)c(Cl)c1. The zero-order chi connectivity index (χ0) is 14.0. The van der Waals surface area contributed by atoms with Crippen molar-refractivity contribution < 1.29 is 9.53 Å². The van der Waals surface area contributed by atoms with Crippen LogP contribution in [0.15, 0.2) is 24.5 Å². The van der Waals surface area contributed by atoms with Crippen LogP contribution >= 0.6 is 23.2 Å². The van der Waals surface area contributed by atoms with E-state index in [1.807, 2.05) is 0 Å². The molecule has 1 heterocycles. The third-order valence-corrected chi connectivity index (χ3v) is 3.18. The molecule has 0 amide bonds. The standard InChI is InChI=1S/C12H11Cl2N3O2/c1-2-19-12(18)10-11(15)16-6-17(10)7-3-4-8(13)9(14)5-7/h3-6H,2,15H2,1H3. The Morgan fingerprint density at radius 1 is 1.42 bits per heavy atom. The lowest BCUT2D eigenvalue weighted by atomic mass is 10.3. The second-order valence-corrected chi connectivity index (χ2v) is 4.48. The van der Waals surface area contributed by atoms with Crippen molar-refractivity contribution in [1.29, 1.82) is 0 Å². The summed E-state index contributed by atoms with van der Waals surface area (Å²) in [6, 6.07) is 4.95. The minimum absolute atomic E-state index is 0.101. The lowest BCUT2D eigenvalue weighted by Gasteiger charge is -2.09. The first-order chi connectivity index (χ1) is 9.04. The van der Waals surface area contributed by atoms with Gasteiger partial charge in [0.2, 0.25) is 0 Å². The molecule has 0 spiro atoms. The third-order valence-electron chi connectivity index (χ3n) is 2.45. The van der Waals surface area contributed by atoms with E-state index in [0.717, 1.165) is 0 Å². The fourth-order valence-corrected chi connectivity index (χ4v) is 1.89. The molecule has 5 nitrogen and oxygen atoms in total.